The number of benzene rings is 2. The Morgan fingerprint density at radius 3 is 2.24 bits per heavy atom. The van der Waals surface area contributed by atoms with Gasteiger partial charge in [-0.25, -0.2) is 26.0 Å². The number of carbonyl (C=O) groups excluding carboxylic acids is 1. The zero-order valence-electron chi connectivity index (χ0n) is 18.9. The fourth-order valence-corrected chi connectivity index (χ4v) is 7.72. The summed E-state index contributed by atoms with van der Waals surface area (Å²) in [6, 6.07) is 7.29. The molecule has 2 N–H and O–H groups in total. The molecule has 1 amide bonds. The number of sulfone groups is 1. The lowest BCUT2D eigenvalue weighted by Gasteiger charge is -2.57. The van der Waals surface area contributed by atoms with E-state index in [-0.39, 0.29) is 39.7 Å². The van der Waals surface area contributed by atoms with E-state index in [1.54, 1.807) is 0 Å². The number of fused-ring (bicyclic) bond motifs is 2. The van der Waals surface area contributed by atoms with Gasteiger partial charge in [-0.3, -0.25) is 9.78 Å². The largest absolute Gasteiger partial charge is 0.383 e. The minimum Gasteiger partial charge on any atom is -0.383 e. The molecule has 0 aliphatic heterocycles. The van der Waals surface area contributed by atoms with Crippen LogP contribution in [0.4, 0.5) is 23.2 Å². The van der Waals surface area contributed by atoms with Gasteiger partial charge in [0.2, 0.25) is 0 Å². The van der Waals surface area contributed by atoms with E-state index in [1.165, 1.54) is 24.3 Å². The maximum atomic E-state index is 13.5. The third-order valence-corrected chi connectivity index (χ3v) is 9.88. The van der Waals surface area contributed by atoms with Gasteiger partial charge in [-0.1, -0.05) is 11.6 Å². The molecule has 2 unspecified atom stereocenters. The molecule has 2 bridgehead atoms. The highest BCUT2D eigenvalue weighted by Gasteiger charge is 2.61. The molecule has 2 aromatic carbocycles. The van der Waals surface area contributed by atoms with Gasteiger partial charge < -0.3 is 10.4 Å². The summed E-state index contributed by atoms with van der Waals surface area (Å²) in [4.78, 5) is 16.3. The second kappa shape index (κ2) is 9.07. The second-order valence-electron chi connectivity index (χ2n) is 9.31. The molecule has 2 atom stereocenters. The number of anilines is 1. The number of carbonyl (C=O) groups is 1. The fraction of sp³-hybridized carbons (Fsp3) is 0.280. The first kappa shape index (κ1) is 25.6. The predicted molar refractivity (Wildman–Crippen MR) is 126 cm³/mol. The third kappa shape index (κ3) is 4.28. The molecule has 6 rings (SSSR count). The van der Waals surface area contributed by atoms with E-state index in [1.807, 2.05) is 0 Å². The summed E-state index contributed by atoms with van der Waals surface area (Å²) >= 11 is 6.19. The number of hydrogen-bond donors (Lipinski definition) is 2. The minimum absolute atomic E-state index is 0.106. The second-order valence-corrected chi connectivity index (χ2v) is 11.9. The fourth-order valence-electron chi connectivity index (χ4n) is 5.32. The predicted octanol–water partition coefficient (Wildman–Crippen LogP) is 5.00. The van der Waals surface area contributed by atoms with Crippen LogP contribution in [0.5, 0.6) is 0 Å². The lowest BCUT2D eigenvalue weighted by atomic mass is 9.52. The first-order chi connectivity index (χ1) is 17.4. The SMILES string of the molecule is O=C(Nc1cc(F)c(F)c(F)c1)c1ccc(Cl)c(S(=O)(=O)C2CC3CC(C2)C3(O)c2ccc(F)cn2)c1. The zero-order chi connectivity index (χ0) is 26.7. The molecular weight excluding hydrogens is 536 g/mol. The average molecular weight is 555 g/mol. The summed E-state index contributed by atoms with van der Waals surface area (Å²) in [7, 11) is -4.06. The van der Waals surface area contributed by atoms with Crippen LogP contribution >= 0.6 is 11.6 Å². The number of nitrogens with one attached hydrogen (secondary N) is 1. The van der Waals surface area contributed by atoms with E-state index >= 15 is 0 Å². The van der Waals surface area contributed by atoms with Gasteiger partial charge in [0, 0.05) is 23.4 Å². The lowest BCUT2D eigenvalue weighted by Crippen LogP contribution is -2.59. The number of halogens is 5. The Bertz CT molecular complexity index is 1480. The van der Waals surface area contributed by atoms with Crippen molar-refractivity contribution in [3.63, 3.8) is 0 Å². The molecule has 3 saturated carbocycles. The van der Waals surface area contributed by atoms with Crippen LogP contribution in [0.2, 0.25) is 5.02 Å². The van der Waals surface area contributed by atoms with Crippen LogP contribution in [0.3, 0.4) is 0 Å². The van der Waals surface area contributed by atoms with Crippen molar-refractivity contribution < 1.29 is 35.9 Å². The van der Waals surface area contributed by atoms with Crippen LogP contribution in [0.15, 0.2) is 53.6 Å². The molecule has 3 fully saturated rings. The lowest BCUT2D eigenvalue weighted by molar-refractivity contribution is -0.186. The molecule has 0 saturated heterocycles. The van der Waals surface area contributed by atoms with E-state index < -0.39 is 61.7 Å². The maximum Gasteiger partial charge on any atom is 0.255 e. The molecule has 3 aliphatic carbocycles. The Morgan fingerprint density at radius 1 is 1.00 bits per heavy atom. The maximum absolute atomic E-state index is 13.5. The summed E-state index contributed by atoms with van der Waals surface area (Å²) in [5.41, 5.74) is -1.58. The van der Waals surface area contributed by atoms with Gasteiger partial charge in [-0.2, -0.15) is 0 Å². The van der Waals surface area contributed by atoms with Crippen molar-refractivity contribution in [3.05, 3.63) is 88.2 Å². The average Bonchev–Trinajstić information content (AvgIpc) is 2.87. The number of amides is 1. The van der Waals surface area contributed by atoms with E-state index in [2.05, 4.69) is 10.3 Å². The standard InChI is InChI=1S/C25H19ClF4N2O4S/c26-18-3-1-12(24(33)32-16-9-19(28)23(30)20(29)10-16)5-21(18)37(35,36)17-7-13-6-14(8-17)25(13,34)22-4-2-15(27)11-31-22/h1-5,9-11,13-14,17,34H,6-8H2,(H,32,33). The van der Waals surface area contributed by atoms with Crippen molar-refractivity contribution in [1.82, 2.24) is 4.98 Å². The van der Waals surface area contributed by atoms with Crippen molar-refractivity contribution >= 4 is 33.0 Å². The third-order valence-electron chi connectivity index (χ3n) is 7.23. The molecule has 194 valence electrons. The Kier molecular flexibility index (Phi) is 6.28. The number of aliphatic hydroxyl groups is 1. The summed E-state index contributed by atoms with van der Waals surface area (Å²) in [6.07, 6.45) is 1.80. The first-order valence-electron chi connectivity index (χ1n) is 11.2. The number of pyridine rings is 1. The summed E-state index contributed by atoms with van der Waals surface area (Å²) in [5.74, 6) is -6.96. The van der Waals surface area contributed by atoms with Crippen LogP contribution in [-0.2, 0) is 15.4 Å². The topological polar surface area (TPSA) is 96.4 Å². The van der Waals surface area contributed by atoms with E-state index in [0.717, 1.165) is 12.3 Å². The van der Waals surface area contributed by atoms with Crippen LogP contribution in [0.25, 0.3) is 0 Å². The summed E-state index contributed by atoms with van der Waals surface area (Å²) in [5, 5.41) is 12.4. The Labute approximate surface area is 214 Å². The van der Waals surface area contributed by atoms with Crippen LogP contribution in [0.1, 0.15) is 35.3 Å². The van der Waals surface area contributed by atoms with Crippen molar-refractivity contribution in [2.75, 3.05) is 5.32 Å². The molecule has 12 heteroatoms. The van der Waals surface area contributed by atoms with Crippen LogP contribution in [-0.4, -0.2) is 29.7 Å². The smallest absolute Gasteiger partial charge is 0.255 e. The summed E-state index contributed by atoms with van der Waals surface area (Å²) < 4.78 is 80.5. The zero-order valence-corrected chi connectivity index (χ0v) is 20.5. The highest BCUT2D eigenvalue weighted by Crippen LogP contribution is 2.60. The molecule has 1 aromatic heterocycles. The molecule has 0 spiro atoms. The van der Waals surface area contributed by atoms with E-state index in [4.69, 9.17) is 11.6 Å². The highest BCUT2D eigenvalue weighted by molar-refractivity contribution is 7.92. The van der Waals surface area contributed by atoms with Crippen molar-refractivity contribution in [1.29, 1.82) is 0 Å². The summed E-state index contributed by atoms with van der Waals surface area (Å²) in [6.45, 7) is 0. The van der Waals surface area contributed by atoms with E-state index in [9.17, 15) is 35.9 Å². The Balaban J connectivity index is 1.38. The van der Waals surface area contributed by atoms with Gasteiger partial charge in [-0.15, -0.1) is 0 Å². The Hall–Kier alpha value is -3.02. The monoisotopic (exact) mass is 554 g/mol. The van der Waals surface area contributed by atoms with Gasteiger partial charge in [0.05, 0.1) is 27.1 Å². The molecule has 3 aliphatic rings. The van der Waals surface area contributed by atoms with Gasteiger partial charge >= 0.3 is 0 Å². The normalized spacial score (nSPS) is 24.9. The number of nitrogens with zero attached hydrogens (tertiary/aromatic N) is 1. The van der Waals surface area contributed by atoms with Crippen LogP contribution in [0, 0.1) is 35.1 Å². The number of hydrogen-bond acceptors (Lipinski definition) is 5. The van der Waals surface area contributed by atoms with Crippen molar-refractivity contribution in [2.24, 2.45) is 11.8 Å². The molecular formula is C25H19ClF4N2O4S. The van der Waals surface area contributed by atoms with Gasteiger partial charge in [0.1, 0.15) is 11.4 Å². The van der Waals surface area contributed by atoms with Crippen molar-refractivity contribution in [2.45, 2.75) is 35.0 Å². The van der Waals surface area contributed by atoms with Gasteiger partial charge in [0.15, 0.2) is 27.3 Å². The van der Waals surface area contributed by atoms with Crippen molar-refractivity contribution in [3.8, 4) is 0 Å². The number of aromatic nitrogens is 1. The molecule has 37 heavy (non-hydrogen) atoms. The first-order valence-corrected chi connectivity index (χ1v) is 13.2. The number of rotatable bonds is 5. The molecule has 1 heterocycles. The molecule has 3 aromatic rings. The van der Waals surface area contributed by atoms with E-state index in [0.29, 0.717) is 18.6 Å². The van der Waals surface area contributed by atoms with Gasteiger partial charge in [-0.05, 0) is 61.4 Å². The van der Waals surface area contributed by atoms with Crippen LogP contribution < -0.4 is 5.32 Å². The highest BCUT2D eigenvalue weighted by atomic mass is 35.5. The molecule has 0 radical (unpaired) electrons. The quantitative estimate of drug-likeness (QED) is 0.342. The van der Waals surface area contributed by atoms with Gasteiger partial charge in [0.25, 0.3) is 5.91 Å². The Morgan fingerprint density at radius 2 is 1.65 bits per heavy atom. The molecule has 6 nitrogen and oxygen atoms in total. The minimum atomic E-state index is -4.06.